The Morgan fingerprint density at radius 3 is 2.29 bits per heavy atom. The summed E-state index contributed by atoms with van der Waals surface area (Å²) < 4.78 is 48.6. The molecule has 2 aliphatic carbocycles. The maximum absolute atomic E-state index is 12.6. The predicted molar refractivity (Wildman–Crippen MR) is 78.4 cm³/mol. The van der Waals surface area contributed by atoms with Crippen LogP contribution in [0.3, 0.4) is 0 Å². The van der Waals surface area contributed by atoms with Crippen molar-refractivity contribution < 1.29 is 41.1 Å². The number of hydrogen-bond donors (Lipinski definition) is 0. The third-order valence-electron chi connectivity index (χ3n) is 5.50. The predicted octanol–water partition coefficient (Wildman–Crippen LogP) is -0.819. The van der Waals surface area contributed by atoms with E-state index in [1.54, 1.807) is 0 Å². The average Bonchev–Trinajstić information content (AvgIpc) is 3.10. The van der Waals surface area contributed by atoms with Gasteiger partial charge in [0.05, 0.1) is 6.26 Å². The minimum atomic E-state index is -3.84. The zero-order valence-corrected chi connectivity index (χ0v) is 15.3. The van der Waals surface area contributed by atoms with Gasteiger partial charge in [0, 0.05) is 26.1 Å². The Labute approximate surface area is 146 Å². The van der Waals surface area contributed by atoms with Gasteiger partial charge in [0.15, 0.2) is 10.4 Å². The van der Waals surface area contributed by atoms with Gasteiger partial charge in [-0.25, -0.2) is 0 Å². The fourth-order valence-electron chi connectivity index (χ4n) is 4.87. The number of ether oxygens (including phenoxy) is 4. The van der Waals surface area contributed by atoms with Crippen LogP contribution in [-0.4, -0.2) is 69.3 Å². The molecular formula is C13H15BrO9S. The van der Waals surface area contributed by atoms with Crippen LogP contribution < -0.4 is 0 Å². The van der Waals surface area contributed by atoms with Crippen molar-refractivity contribution in [3.63, 3.8) is 0 Å². The first kappa shape index (κ1) is 16.7. The summed E-state index contributed by atoms with van der Waals surface area (Å²) in [5, 5.41) is 0. The van der Waals surface area contributed by atoms with Crippen LogP contribution in [0, 0.1) is 17.8 Å². The molecule has 2 aliphatic heterocycles. The molecule has 24 heavy (non-hydrogen) atoms. The van der Waals surface area contributed by atoms with E-state index in [-0.39, 0.29) is 0 Å². The molecule has 2 saturated carbocycles. The first-order valence-electron chi connectivity index (χ1n) is 7.21. The number of halogens is 1. The molecule has 134 valence electrons. The van der Waals surface area contributed by atoms with Gasteiger partial charge < -0.3 is 18.9 Å². The number of carbonyl (C=O) groups excluding carboxylic acids is 2. The minimum absolute atomic E-state index is 0.528. The quantitative estimate of drug-likeness (QED) is 0.246. The van der Waals surface area contributed by atoms with E-state index >= 15 is 0 Å². The fraction of sp³-hybridized carbons (Fsp3) is 0.846. The largest absolute Gasteiger partial charge is 0.459 e. The minimum Gasteiger partial charge on any atom is -0.459 e. The summed E-state index contributed by atoms with van der Waals surface area (Å²) >= 11 is 3.40. The Balaban J connectivity index is 1.88. The molecule has 0 aromatic heterocycles. The molecule has 2 heterocycles. The lowest BCUT2D eigenvalue weighted by Crippen LogP contribution is -2.58. The summed E-state index contributed by atoms with van der Waals surface area (Å²) in [7, 11) is -1.18. The fourth-order valence-corrected chi connectivity index (χ4v) is 6.73. The zero-order valence-electron chi connectivity index (χ0n) is 12.9. The second-order valence-electron chi connectivity index (χ2n) is 6.40. The summed E-state index contributed by atoms with van der Waals surface area (Å²) in [6.07, 6.45) is -1.94. The van der Waals surface area contributed by atoms with Crippen molar-refractivity contribution in [1.82, 2.24) is 0 Å². The van der Waals surface area contributed by atoms with Gasteiger partial charge in [-0.1, -0.05) is 15.9 Å². The van der Waals surface area contributed by atoms with Crippen LogP contribution >= 0.6 is 15.9 Å². The molecule has 4 aliphatic rings. The molecule has 0 unspecified atom stereocenters. The topological polar surface area (TPSA) is 114 Å². The first-order chi connectivity index (χ1) is 11.1. The second-order valence-corrected chi connectivity index (χ2v) is 9.26. The highest BCUT2D eigenvalue weighted by Gasteiger charge is 2.88. The molecule has 4 rings (SSSR count). The maximum Gasteiger partial charge on any atom is 0.329 e. The van der Waals surface area contributed by atoms with Crippen LogP contribution in [0.2, 0.25) is 0 Å². The van der Waals surface area contributed by atoms with Crippen LogP contribution in [-0.2, 0) is 42.8 Å². The summed E-state index contributed by atoms with van der Waals surface area (Å²) in [6, 6.07) is 0. The molecule has 0 radical (unpaired) electrons. The lowest BCUT2D eigenvalue weighted by Gasteiger charge is -2.38. The SMILES string of the molecule is COC1(OC)[C@H]2C(=O)O[C@H]3[C@H](OS(C)(=O)=O)[C@H]4OC(=O)[C@]1(Br)[C@H]4[C@H]32. The van der Waals surface area contributed by atoms with Gasteiger partial charge in [0.25, 0.3) is 10.1 Å². The molecular weight excluding hydrogens is 412 g/mol. The molecule has 0 bridgehead atoms. The van der Waals surface area contributed by atoms with E-state index < -0.39 is 68.2 Å². The highest BCUT2D eigenvalue weighted by atomic mass is 79.9. The van der Waals surface area contributed by atoms with Crippen molar-refractivity contribution in [2.24, 2.45) is 17.8 Å². The summed E-state index contributed by atoms with van der Waals surface area (Å²) in [5.41, 5.74) is 0. The number of esters is 2. The highest BCUT2D eigenvalue weighted by molar-refractivity contribution is 9.10. The molecule has 0 spiro atoms. The lowest BCUT2D eigenvalue weighted by atomic mass is 9.90. The molecule has 0 aromatic rings. The van der Waals surface area contributed by atoms with Gasteiger partial charge in [-0.2, -0.15) is 8.42 Å². The third-order valence-corrected chi connectivity index (χ3v) is 7.47. The smallest absolute Gasteiger partial charge is 0.329 e. The van der Waals surface area contributed by atoms with E-state index in [4.69, 9.17) is 23.1 Å². The van der Waals surface area contributed by atoms with Crippen LogP contribution in [0.4, 0.5) is 0 Å². The van der Waals surface area contributed by atoms with Crippen molar-refractivity contribution in [2.45, 2.75) is 28.4 Å². The second kappa shape index (κ2) is 4.70. The number of rotatable bonds is 4. The number of alkyl halides is 1. The standard InChI is InChI=1S/C13H15BrO9S/c1-19-13(20-2)6-4-5-8(22-11(16)12(5,13)14)9(23-24(3,17)18)7(4)21-10(6)15/h4-9H,1-3H3/t4-,5-,6+,7+,8-,9-,12+/m0/s1. The third kappa shape index (κ3) is 1.62. The van der Waals surface area contributed by atoms with E-state index in [1.165, 1.54) is 14.2 Å². The monoisotopic (exact) mass is 426 g/mol. The van der Waals surface area contributed by atoms with Gasteiger partial charge in [0.1, 0.15) is 18.1 Å². The summed E-state index contributed by atoms with van der Waals surface area (Å²) in [4.78, 5) is 25.1. The number of carbonyl (C=O) groups is 2. The molecule has 2 saturated heterocycles. The Morgan fingerprint density at radius 2 is 1.75 bits per heavy atom. The van der Waals surface area contributed by atoms with E-state index in [1.807, 2.05) is 0 Å². The molecule has 0 aromatic carbocycles. The van der Waals surface area contributed by atoms with Crippen molar-refractivity contribution in [1.29, 1.82) is 0 Å². The Morgan fingerprint density at radius 1 is 1.12 bits per heavy atom. The molecule has 7 atom stereocenters. The Hall–Kier alpha value is -0.750. The van der Waals surface area contributed by atoms with Crippen molar-refractivity contribution >= 4 is 38.0 Å². The molecule has 0 N–H and O–H groups in total. The lowest BCUT2D eigenvalue weighted by molar-refractivity contribution is -0.241. The summed E-state index contributed by atoms with van der Waals surface area (Å²) in [6.45, 7) is 0. The van der Waals surface area contributed by atoms with Crippen LogP contribution in [0.5, 0.6) is 0 Å². The van der Waals surface area contributed by atoms with Gasteiger partial charge in [-0.3, -0.25) is 13.8 Å². The van der Waals surface area contributed by atoms with Crippen LogP contribution in [0.15, 0.2) is 0 Å². The van der Waals surface area contributed by atoms with Crippen molar-refractivity contribution in [3.8, 4) is 0 Å². The zero-order chi connectivity index (χ0) is 17.7. The molecule has 11 heteroatoms. The number of hydrogen-bond acceptors (Lipinski definition) is 9. The van der Waals surface area contributed by atoms with Gasteiger partial charge in [-0.15, -0.1) is 0 Å². The summed E-state index contributed by atoms with van der Waals surface area (Å²) in [5.74, 6) is -4.90. The van der Waals surface area contributed by atoms with Crippen molar-refractivity contribution in [3.05, 3.63) is 0 Å². The van der Waals surface area contributed by atoms with Crippen LogP contribution in [0.25, 0.3) is 0 Å². The average molecular weight is 427 g/mol. The van der Waals surface area contributed by atoms with E-state index in [2.05, 4.69) is 15.9 Å². The molecule has 4 fully saturated rings. The van der Waals surface area contributed by atoms with Crippen LogP contribution in [0.1, 0.15) is 0 Å². The molecule has 9 nitrogen and oxygen atoms in total. The van der Waals surface area contributed by atoms with Crippen molar-refractivity contribution in [2.75, 3.05) is 20.5 Å². The van der Waals surface area contributed by atoms with E-state index in [9.17, 15) is 18.0 Å². The van der Waals surface area contributed by atoms with Gasteiger partial charge in [-0.05, 0) is 0 Å². The van der Waals surface area contributed by atoms with Gasteiger partial charge >= 0.3 is 11.9 Å². The van der Waals surface area contributed by atoms with E-state index in [0.717, 1.165) is 6.26 Å². The Kier molecular flexibility index (Phi) is 3.27. The van der Waals surface area contributed by atoms with Gasteiger partial charge in [0.2, 0.25) is 5.79 Å². The Bertz CT molecular complexity index is 732. The first-order valence-corrected chi connectivity index (χ1v) is 9.82. The normalized spacial score (nSPS) is 47.7. The number of methoxy groups -OCH3 is 2. The maximum atomic E-state index is 12.6. The highest BCUT2D eigenvalue weighted by Crippen LogP contribution is 2.70. The molecule has 0 amide bonds. The van der Waals surface area contributed by atoms with E-state index in [0.29, 0.717) is 0 Å².